The van der Waals surface area contributed by atoms with Gasteiger partial charge in [-0.05, 0) is 18.6 Å². The maximum Gasteiger partial charge on any atom is 0.226 e. The molecule has 0 amide bonds. The summed E-state index contributed by atoms with van der Waals surface area (Å²) in [5.74, 6) is 0.689. The van der Waals surface area contributed by atoms with Crippen LogP contribution in [0.1, 0.15) is 12.1 Å². The Bertz CT molecular complexity index is 509. The zero-order chi connectivity index (χ0) is 12.4. The predicted octanol–water partition coefficient (Wildman–Crippen LogP) is 1.87. The minimum absolute atomic E-state index is 0.311. The van der Waals surface area contributed by atoms with Gasteiger partial charge < -0.3 is 10.2 Å². The molecule has 1 fully saturated rings. The summed E-state index contributed by atoms with van der Waals surface area (Å²) in [7, 11) is 0. The van der Waals surface area contributed by atoms with E-state index >= 15 is 0 Å². The third kappa shape index (κ3) is 2.44. The lowest BCUT2D eigenvalue weighted by atomic mass is 10.2. The highest BCUT2D eigenvalue weighted by atomic mass is 16.3. The van der Waals surface area contributed by atoms with E-state index in [1.807, 2.05) is 30.3 Å². The highest BCUT2D eigenvalue weighted by Gasteiger charge is 2.20. The Kier molecular flexibility index (Phi) is 3.13. The van der Waals surface area contributed by atoms with E-state index in [9.17, 15) is 0 Å². The van der Waals surface area contributed by atoms with Crippen molar-refractivity contribution in [1.82, 2.24) is 9.88 Å². The standard InChI is InChI=1S/C14H17N3O/c15-12-6-7-17(8-12)9-13-10-18-14(16-13)11-4-2-1-3-5-11/h1-5,10,12H,6-9,15H2/t12-/m0/s1. The molecule has 18 heavy (non-hydrogen) atoms. The average Bonchev–Trinajstić information content (AvgIpc) is 3.01. The first-order valence-electron chi connectivity index (χ1n) is 6.29. The van der Waals surface area contributed by atoms with Crippen LogP contribution in [-0.4, -0.2) is 29.0 Å². The number of rotatable bonds is 3. The molecule has 1 atom stereocenters. The topological polar surface area (TPSA) is 55.3 Å². The molecule has 3 rings (SSSR count). The molecule has 2 heterocycles. The van der Waals surface area contributed by atoms with Crippen molar-refractivity contribution < 1.29 is 4.42 Å². The van der Waals surface area contributed by atoms with E-state index in [1.54, 1.807) is 6.26 Å². The molecule has 0 aliphatic carbocycles. The summed E-state index contributed by atoms with van der Waals surface area (Å²) in [6.45, 7) is 2.83. The molecule has 4 nitrogen and oxygen atoms in total. The van der Waals surface area contributed by atoms with E-state index in [2.05, 4.69) is 9.88 Å². The Labute approximate surface area is 106 Å². The second kappa shape index (κ2) is 4.92. The van der Waals surface area contributed by atoms with Crippen molar-refractivity contribution in [1.29, 1.82) is 0 Å². The molecule has 1 aromatic carbocycles. The van der Waals surface area contributed by atoms with E-state index in [-0.39, 0.29) is 0 Å². The van der Waals surface area contributed by atoms with Crippen LogP contribution in [0.5, 0.6) is 0 Å². The number of benzene rings is 1. The Morgan fingerprint density at radius 3 is 2.89 bits per heavy atom. The second-order valence-corrected chi connectivity index (χ2v) is 4.79. The van der Waals surface area contributed by atoms with Crippen LogP contribution in [-0.2, 0) is 6.54 Å². The van der Waals surface area contributed by atoms with Gasteiger partial charge in [0.1, 0.15) is 6.26 Å². The van der Waals surface area contributed by atoms with Gasteiger partial charge in [0.05, 0.1) is 5.69 Å². The highest BCUT2D eigenvalue weighted by molar-refractivity contribution is 5.52. The number of likely N-dealkylation sites (tertiary alicyclic amines) is 1. The van der Waals surface area contributed by atoms with Gasteiger partial charge in [-0.25, -0.2) is 4.98 Å². The zero-order valence-electron chi connectivity index (χ0n) is 10.2. The first kappa shape index (κ1) is 11.4. The molecule has 1 aliphatic heterocycles. The molecule has 94 valence electrons. The summed E-state index contributed by atoms with van der Waals surface area (Å²) < 4.78 is 5.52. The molecule has 0 saturated carbocycles. The third-order valence-corrected chi connectivity index (χ3v) is 3.27. The van der Waals surface area contributed by atoms with E-state index < -0.39 is 0 Å². The van der Waals surface area contributed by atoms with Crippen LogP contribution >= 0.6 is 0 Å². The Balaban J connectivity index is 1.70. The monoisotopic (exact) mass is 243 g/mol. The molecule has 2 aromatic rings. The fraction of sp³-hybridized carbons (Fsp3) is 0.357. The SMILES string of the molecule is N[C@H]1CCN(Cc2coc(-c3ccccc3)n2)C1. The quantitative estimate of drug-likeness (QED) is 0.894. The molecule has 0 unspecified atom stereocenters. The summed E-state index contributed by atoms with van der Waals surface area (Å²) in [4.78, 5) is 6.84. The number of nitrogens with two attached hydrogens (primary N) is 1. The predicted molar refractivity (Wildman–Crippen MR) is 69.8 cm³/mol. The molecule has 4 heteroatoms. The fourth-order valence-electron chi connectivity index (χ4n) is 2.33. The molecule has 0 spiro atoms. The van der Waals surface area contributed by atoms with Gasteiger partial charge in [0.2, 0.25) is 5.89 Å². The van der Waals surface area contributed by atoms with Gasteiger partial charge >= 0.3 is 0 Å². The zero-order valence-corrected chi connectivity index (χ0v) is 10.2. The van der Waals surface area contributed by atoms with E-state index in [4.69, 9.17) is 10.2 Å². The van der Waals surface area contributed by atoms with E-state index in [1.165, 1.54) is 0 Å². The van der Waals surface area contributed by atoms with Gasteiger partial charge in [-0.15, -0.1) is 0 Å². The molecular weight excluding hydrogens is 226 g/mol. The van der Waals surface area contributed by atoms with Crippen molar-refractivity contribution in [2.75, 3.05) is 13.1 Å². The van der Waals surface area contributed by atoms with Gasteiger partial charge in [0, 0.05) is 31.2 Å². The van der Waals surface area contributed by atoms with Crippen LogP contribution < -0.4 is 5.73 Å². The first-order chi connectivity index (χ1) is 8.81. The van der Waals surface area contributed by atoms with Gasteiger partial charge in [-0.1, -0.05) is 18.2 Å². The first-order valence-corrected chi connectivity index (χ1v) is 6.29. The van der Waals surface area contributed by atoms with Gasteiger partial charge in [0.15, 0.2) is 0 Å². The summed E-state index contributed by atoms with van der Waals surface area (Å²) in [6.07, 6.45) is 2.82. The van der Waals surface area contributed by atoms with Crippen LogP contribution in [0.4, 0.5) is 0 Å². The molecule has 1 aromatic heterocycles. The number of nitrogens with zero attached hydrogens (tertiary/aromatic N) is 2. The minimum Gasteiger partial charge on any atom is -0.444 e. The summed E-state index contributed by atoms with van der Waals surface area (Å²) in [5.41, 5.74) is 7.88. The maximum atomic E-state index is 5.89. The van der Waals surface area contributed by atoms with Gasteiger partial charge in [-0.2, -0.15) is 0 Å². The Hall–Kier alpha value is -1.65. The molecule has 2 N–H and O–H groups in total. The molecule has 1 aliphatic rings. The third-order valence-electron chi connectivity index (χ3n) is 3.27. The Morgan fingerprint density at radius 2 is 2.17 bits per heavy atom. The van der Waals surface area contributed by atoms with Crippen molar-refractivity contribution in [3.05, 3.63) is 42.3 Å². The van der Waals surface area contributed by atoms with Crippen molar-refractivity contribution in [3.63, 3.8) is 0 Å². The van der Waals surface area contributed by atoms with Crippen LogP contribution in [0.2, 0.25) is 0 Å². The minimum atomic E-state index is 0.311. The van der Waals surface area contributed by atoms with E-state index in [0.717, 1.165) is 37.3 Å². The molecule has 0 bridgehead atoms. The Morgan fingerprint density at radius 1 is 1.33 bits per heavy atom. The normalized spacial score (nSPS) is 20.4. The lowest BCUT2D eigenvalue weighted by Gasteiger charge is -2.12. The lowest BCUT2D eigenvalue weighted by Crippen LogP contribution is -2.26. The van der Waals surface area contributed by atoms with Crippen molar-refractivity contribution >= 4 is 0 Å². The van der Waals surface area contributed by atoms with Crippen LogP contribution in [0.25, 0.3) is 11.5 Å². The fourth-order valence-corrected chi connectivity index (χ4v) is 2.33. The second-order valence-electron chi connectivity index (χ2n) is 4.79. The van der Waals surface area contributed by atoms with Gasteiger partial charge in [-0.3, -0.25) is 4.90 Å². The van der Waals surface area contributed by atoms with Crippen molar-refractivity contribution in [2.45, 2.75) is 19.0 Å². The molecule has 0 radical (unpaired) electrons. The summed E-state index contributed by atoms with van der Waals surface area (Å²) >= 11 is 0. The summed E-state index contributed by atoms with van der Waals surface area (Å²) in [6, 6.07) is 10.3. The van der Waals surface area contributed by atoms with Crippen molar-refractivity contribution in [3.8, 4) is 11.5 Å². The number of aromatic nitrogens is 1. The van der Waals surface area contributed by atoms with Gasteiger partial charge in [0.25, 0.3) is 0 Å². The van der Waals surface area contributed by atoms with Crippen molar-refractivity contribution in [2.24, 2.45) is 5.73 Å². The number of hydrogen-bond donors (Lipinski definition) is 1. The average molecular weight is 243 g/mol. The van der Waals surface area contributed by atoms with Crippen LogP contribution in [0.3, 0.4) is 0 Å². The van der Waals surface area contributed by atoms with Crippen LogP contribution in [0.15, 0.2) is 41.0 Å². The molecular formula is C14H17N3O. The smallest absolute Gasteiger partial charge is 0.226 e. The molecule has 1 saturated heterocycles. The summed E-state index contributed by atoms with van der Waals surface area (Å²) in [5, 5.41) is 0. The number of hydrogen-bond acceptors (Lipinski definition) is 4. The highest BCUT2D eigenvalue weighted by Crippen LogP contribution is 2.19. The number of oxazole rings is 1. The van der Waals surface area contributed by atoms with E-state index in [0.29, 0.717) is 11.9 Å². The largest absolute Gasteiger partial charge is 0.444 e. The van der Waals surface area contributed by atoms with Crippen LogP contribution in [0, 0.1) is 0 Å². The maximum absolute atomic E-state index is 5.89. The lowest BCUT2D eigenvalue weighted by molar-refractivity contribution is 0.322.